The van der Waals surface area contributed by atoms with Gasteiger partial charge in [-0.3, -0.25) is 9.59 Å². The van der Waals surface area contributed by atoms with Crippen molar-refractivity contribution in [3.63, 3.8) is 0 Å². The van der Waals surface area contributed by atoms with Crippen LogP contribution >= 0.6 is 0 Å². The summed E-state index contributed by atoms with van der Waals surface area (Å²) < 4.78 is 6.17. The number of benzene rings is 1. The highest BCUT2D eigenvalue weighted by atomic mass is 16.5. The smallest absolute Gasteiger partial charge is 0.259 e. The lowest BCUT2D eigenvalue weighted by Gasteiger charge is -2.37. The third-order valence-corrected chi connectivity index (χ3v) is 5.86. The largest absolute Gasteiger partial charge is 0.472 e. The first-order valence-electron chi connectivity index (χ1n) is 10.6. The van der Waals surface area contributed by atoms with Gasteiger partial charge < -0.3 is 19.6 Å². The number of carbonyl (C=O) groups is 2. The van der Waals surface area contributed by atoms with E-state index < -0.39 is 0 Å². The third kappa shape index (κ3) is 4.89. The minimum absolute atomic E-state index is 0.0798. The van der Waals surface area contributed by atoms with Crippen LogP contribution in [0.1, 0.15) is 36.7 Å². The number of carbonyl (C=O) groups excluding carboxylic acids is 2. The van der Waals surface area contributed by atoms with E-state index in [2.05, 4.69) is 11.1 Å². The number of amides is 2. The number of likely N-dealkylation sites (N-methyl/N-ethyl adjacent to an activating group) is 1. The van der Waals surface area contributed by atoms with Crippen molar-refractivity contribution in [1.82, 2.24) is 14.8 Å². The van der Waals surface area contributed by atoms with Gasteiger partial charge in [0, 0.05) is 38.2 Å². The van der Waals surface area contributed by atoms with Crippen molar-refractivity contribution in [2.45, 2.75) is 32.9 Å². The summed E-state index contributed by atoms with van der Waals surface area (Å²) in [4.78, 5) is 32.9. The molecule has 1 aliphatic heterocycles. The number of pyridine rings is 1. The van der Waals surface area contributed by atoms with Gasteiger partial charge in [-0.1, -0.05) is 19.1 Å². The van der Waals surface area contributed by atoms with Crippen LogP contribution in [0.3, 0.4) is 0 Å². The number of nitriles is 1. The Morgan fingerprint density at radius 2 is 2.06 bits per heavy atom. The lowest BCUT2D eigenvalue weighted by Crippen LogP contribution is -2.50. The minimum atomic E-state index is -0.388. The summed E-state index contributed by atoms with van der Waals surface area (Å²) >= 11 is 0. The lowest BCUT2D eigenvalue weighted by molar-refractivity contribution is -0.129. The van der Waals surface area contributed by atoms with E-state index in [4.69, 9.17) is 10.00 Å². The molecule has 1 aromatic carbocycles. The topological polar surface area (TPSA) is 107 Å². The van der Waals surface area contributed by atoms with E-state index in [1.54, 1.807) is 60.3 Å². The lowest BCUT2D eigenvalue weighted by atomic mass is 9.99. The number of nitrogens with zero attached hydrogens (tertiary/aromatic N) is 4. The van der Waals surface area contributed by atoms with Gasteiger partial charge in [0.05, 0.1) is 30.8 Å². The van der Waals surface area contributed by atoms with Crippen LogP contribution in [0.2, 0.25) is 0 Å². The molecule has 0 radical (unpaired) electrons. The third-order valence-electron chi connectivity index (χ3n) is 5.86. The maximum Gasteiger partial charge on any atom is 0.259 e. The second-order valence-electron chi connectivity index (χ2n) is 8.29. The van der Waals surface area contributed by atoms with Gasteiger partial charge in [0.2, 0.25) is 11.8 Å². The van der Waals surface area contributed by atoms with Gasteiger partial charge in [-0.15, -0.1) is 0 Å². The van der Waals surface area contributed by atoms with E-state index in [-0.39, 0.29) is 42.4 Å². The number of aliphatic hydroxyl groups excluding tert-OH is 1. The second-order valence-corrected chi connectivity index (χ2v) is 8.29. The van der Waals surface area contributed by atoms with Crippen molar-refractivity contribution in [1.29, 1.82) is 5.26 Å². The average Bonchev–Trinajstić information content (AvgIpc) is 2.80. The molecule has 2 amide bonds. The normalized spacial score (nSPS) is 19.1. The molecule has 1 N–H and O–H groups in total. The second kappa shape index (κ2) is 9.79. The number of rotatable bonds is 5. The Bertz CT molecular complexity index is 1030. The Morgan fingerprint density at radius 3 is 2.66 bits per heavy atom. The zero-order valence-corrected chi connectivity index (χ0v) is 18.8. The number of hydrogen-bond acceptors (Lipinski definition) is 6. The molecule has 32 heavy (non-hydrogen) atoms. The van der Waals surface area contributed by atoms with Gasteiger partial charge in [0.15, 0.2) is 0 Å². The average molecular weight is 437 g/mol. The van der Waals surface area contributed by atoms with Crippen LogP contribution in [0.25, 0.3) is 11.1 Å². The first-order valence-corrected chi connectivity index (χ1v) is 10.6. The van der Waals surface area contributed by atoms with E-state index in [0.29, 0.717) is 29.8 Å². The molecule has 2 aromatic rings. The SMILES string of the molecule is CC(=O)N(C)C[C@@H]1Oc2ncc(-c3ccc(C#N)cc3)cc2C(=O)N([C@H](C)CO)C[C@@H]1C. The summed E-state index contributed by atoms with van der Waals surface area (Å²) in [5.41, 5.74) is 2.38. The molecule has 2 heterocycles. The van der Waals surface area contributed by atoms with Crippen LogP contribution in [0.15, 0.2) is 36.5 Å². The summed E-state index contributed by atoms with van der Waals surface area (Å²) in [7, 11) is 1.71. The van der Waals surface area contributed by atoms with Gasteiger partial charge in [-0.25, -0.2) is 4.98 Å². The van der Waals surface area contributed by atoms with Crippen molar-refractivity contribution in [2.24, 2.45) is 5.92 Å². The van der Waals surface area contributed by atoms with Gasteiger partial charge in [-0.05, 0) is 30.7 Å². The van der Waals surface area contributed by atoms with Crippen LogP contribution in [-0.4, -0.2) is 70.6 Å². The minimum Gasteiger partial charge on any atom is -0.472 e. The first kappa shape index (κ1) is 23.2. The molecule has 1 aliphatic rings. The molecule has 3 atom stereocenters. The zero-order chi connectivity index (χ0) is 23.4. The molecular weight excluding hydrogens is 408 g/mol. The zero-order valence-electron chi connectivity index (χ0n) is 18.8. The van der Waals surface area contributed by atoms with Crippen molar-refractivity contribution in [3.8, 4) is 23.1 Å². The summed E-state index contributed by atoms with van der Waals surface area (Å²) in [6.45, 7) is 5.80. The molecule has 1 aromatic heterocycles. The number of hydrogen-bond donors (Lipinski definition) is 1. The Labute approximate surface area is 188 Å². The van der Waals surface area contributed by atoms with E-state index in [1.165, 1.54) is 6.92 Å². The van der Waals surface area contributed by atoms with Crippen LogP contribution < -0.4 is 4.74 Å². The summed E-state index contributed by atoms with van der Waals surface area (Å²) in [5, 5.41) is 18.8. The predicted octanol–water partition coefficient (Wildman–Crippen LogP) is 2.32. The Hall–Kier alpha value is -3.44. The molecule has 168 valence electrons. The molecule has 0 saturated heterocycles. The van der Waals surface area contributed by atoms with E-state index in [1.807, 2.05) is 6.92 Å². The molecule has 0 fully saturated rings. The molecule has 8 heteroatoms. The molecule has 0 saturated carbocycles. The quantitative estimate of drug-likeness (QED) is 0.771. The first-order chi connectivity index (χ1) is 15.2. The van der Waals surface area contributed by atoms with Crippen molar-refractivity contribution < 1.29 is 19.4 Å². The highest BCUT2D eigenvalue weighted by Gasteiger charge is 2.34. The Balaban J connectivity index is 2.05. The van der Waals surface area contributed by atoms with Crippen LogP contribution in [-0.2, 0) is 4.79 Å². The Kier molecular flexibility index (Phi) is 7.11. The van der Waals surface area contributed by atoms with Gasteiger partial charge in [0.1, 0.15) is 11.7 Å². The van der Waals surface area contributed by atoms with Crippen LogP contribution in [0.4, 0.5) is 0 Å². The maximum absolute atomic E-state index is 13.4. The van der Waals surface area contributed by atoms with E-state index in [0.717, 1.165) is 5.56 Å². The van der Waals surface area contributed by atoms with E-state index >= 15 is 0 Å². The van der Waals surface area contributed by atoms with Crippen LogP contribution in [0.5, 0.6) is 5.88 Å². The van der Waals surface area contributed by atoms with E-state index in [9.17, 15) is 14.7 Å². The standard InChI is InChI=1S/C24H28N4O4/c1-15-12-28(16(2)14-29)24(31)21-9-20(19-7-5-18(10-25)6-8-19)11-26-23(21)32-22(15)13-27(4)17(3)30/h5-9,11,15-16,22,29H,12-14H2,1-4H3/t15-,16+,22-/m0/s1. The summed E-state index contributed by atoms with van der Waals surface area (Å²) in [6, 6.07) is 10.4. The fourth-order valence-electron chi connectivity index (χ4n) is 3.61. The fourth-order valence-corrected chi connectivity index (χ4v) is 3.61. The number of aliphatic hydroxyl groups is 1. The monoisotopic (exact) mass is 436 g/mol. The molecule has 0 aliphatic carbocycles. The Morgan fingerprint density at radius 1 is 1.38 bits per heavy atom. The van der Waals surface area contributed by atoms with Crippen molar-refractivity contribution >= 4 is 11.8 Å². The predicted molar refractivity (Wildman–Crippen MR) is 119 cm³/mol. The molecule has 0 bridgehead atoms. The number of aromatic nitrogens is 1. The van der Waals surface area contributed by atoms with Crippen molar-refractivity contribution in [2.75, 3.05) is 26.7 Å². The van der Waals surface area contributed by atoms with Gasteiger partial charge in [-0.2, -0.15) is 5.26 Å². The van der Waals surface area contributed by atoms with Crippen LogP contribution in [0, 0.1) is 17.2 Å². The molecular formula is C24H28N4O4. The number of ether oxygens (including phenoxy) is 1. The molecule has 8 nitrogen and oxygen atoms in total. The molecule has 3 rings (SSSR count). The molecule has 0 spiro atoms. The highest BCUT2D eigenvalue weighted by molar-refractivity contribution is 5.98. The number of fused-ring (bicyclic) bond motifs is 1. The highest BCUT2D eigenvalue weighted by Crippen LogP contribution is 2.30. The van der Waals surface area contributed by atoms with Gasteiger partial charge in [0.25, 0.3) is 5.91 Å². The summed E-state index contributed by atoms with van der Waals surface area (Å²) in [5.74, 6) is -0.238. The fraction of sp³-hybridized carbons (Fsp3) is 0.417. The summed E-state index contributed by atoms with van der Waals surface area (Å²) in [6.07, 6.45) is 1.25. The van der Waals surface area contributed by atoms with Gasteiger partial charge >= 0.3 is 0 Å². The maximum atomic E-state index is 13.4. The molecule has 0 unspecified atom stereocenters. The van der Waals surface area contributed by atoms with Crippen molar-refractivity contribution in [3.05, 3.63) is 47.7 Å².